The molecule has 0 aromatic heterocycles. The number of carboxylic acids is 1. The van der Waals surface area contributed by atoms with Gasteiger partial charge in [0.15, 0.2) is 0 Å². The van der Waals surface area contributed by atoms with Crippen LogP contribution in [-0.4, -0.2) is 29.1 Å². The second-order valence-electron chi connectivity index (χ2n) is 3.18. The normalized spacial score (nSPS) is 8.00. The van der Waals surface area contributed by atoms with Crippen LogP contribution in [0.1, 0.15) is 59.3 Å². The van der Waals surface area contributed by atoms with Crippen molar-refractivity contribution in [3.8, 4) is 0 Å². The minimum absolute atomic E-state index is 0.292. The Kier molecular flexibility index (Phi) is 30.4. The highest BCUT2D eigenvalue weighted by molar-refractivity contribution is 5.66. The van der Waals surface area contributed by atoms with E-state index < -0.39 is 5.97 Å². The van der Waals surface area contributed by atoms with Gasteiger partial charge in [-0.15, -0.1) is 0 Å². The predicted molar refractivity (Wildman–Crippen MR) is 65.5 cm³/mol. The van der Waals surface area contributed by atoms with Crippen molar-refractivity contribution >= 4 is 12.3 Å². The highest BCUT2D eigenvalue weighted by Gasteiger charge is 1.87. The summed E-state index contributed by atoms with van der Waals surface area (Å²) >= 11 is 0. The van der Waals surface area contributed by atoms with Crippen molar-refractivity contribution in [2.75, 3.05) is 6.61 Å². The van der Waals surface area contributed by atoms with E-state index in [2.05, 4.69) is 6.92 Å². The molecular formula is C12H26O4. The molecule has 0 aliphatic carbocycles. The first kappa shape index (κ1) is 20.5. The molecule has 0 aromatic carbocycles. The number of aliphatic hydroxyl groups is 1. The molecule has 0 aliphatic rings. The van der Waals surface area contributed by atoms with Gasteiger partial charge in [0, 0.05) is 19.4 Å². The van der Waals surface area contributed by atoms with Gasteiger partial charge in [0.2, 0.25) is 0 Å². The van der Waals surface area contributed by atoms with Crippen LogP contribution in [0.5, 0.6) is 0 Å². The molecule has 0 unspecified atom stereocenters. The van der Waals surface area contributed by atoms with Gasteiger partial charge < -0.3 is 15.0 Å². The number of aliphatic hydroxyl groups excluding tert-OH is 1. The molecule has 0 aromatic rings. The number of carboxylic acid groups (broad SMARTS) is 1. The lowest BCUT2D eigenvalue weighted by molar-refractivity contribution is -0.137. The number of aldehydes is 1. The molecule has 0 saturated carbocycles. The van der Waals surface area contributed by atoms with Crippen LogP contribution in [0, 0.1) is 0 Å². The second-order valence-corrected chi connectivity index (χ2v) is 3.18. The predicted octanol–water partition coefficient (Wildman–Crippen LogP) is 2.64. The zero-order valence-corrected chi connectivity index (χ0v) is 10.7. The number of hydrogen-bond acceptors (Lipinski definition) is 3. The minimum atomic E-state index is -0.711. The molecular weight excluding hydrogens is 208 g/mol. The quantitative estimate of drug-likeness (QED) is 0.693. The first-order valence-corrected chi connectivity index (χ1v) is 5.86. The lowest BCUT2D eigenvalue weighted by atomic mass is 10.4. The van der Waals surface area contributed by atoms with Gasteiger partial charge in [-0.25, -0.2) is 0 Å². The van der Waals surface area contributed by atoms with Crippen LogP contribution < -0.4 is 0 Å². The van der Waals surface area contributed by atoms with Crippen LogP contribution in [0.2, 0.25) is 0 Å². The lowest BCUT2D eigenvalue weighted by Crippen LogP contribution is -1.90. The van der Waals surface area contributed by atoms with Gasteiger partial charge in [-0.2, -0.15) is 0 Å². The van der Waals surface area contributed by atoms with Crippen molar-refractivity contribution in [3.05, 3.63) is 0 Å². The second kappa shape index (κ2) is 23.7. The molecule has 2 N–H and O–H groups in total. The van der Waals surface area contributed by atoms with Crippen LogP contribution in [0.4, 0.5) is 0 Å². The topological polar surface area (TPSA) is 74.6 Å². The molecule has 4 heteroatoms. The number of rotatable bonds is 6. The van der Waals surface area contributed by atoms with Gasteiger partial charge in [0.05, 0.1) is 0 Å². The molecule has 0 spiro atoms. The zero-order valence-electron chi connectivity index (χ0n) is 10.7. The van der Waals surface area contributed by atoms with E-state index in [1.807, 2.05) is 13.8 Å². The summed E-state index contributed by atoms with van der Waals surface area (Å²) in [6.07, 6.45) is 5.68. The maximum absolute atomic E-state index is 9.60. The van der Waals surface area contributed by atoms with Crippen LogP contribution in [-0.2, 0) is 9.59 Å². The van der Waals surface area contributed by atoms with Gasteiger partial charge in [0.25, 0.3) is 0 Å². The largest absolute Gasteiger partial charge is 0.481 e. The van der Waals surface area contributed by atoms with Crippen molar-refractivity contribution in [1.29, 1.82) is 0 Å². The van der Waals surface area contributed by atoms with E-state index in [0.717, 1.165) is 32.0 Å². The zero-order chi connectivity index (χ0) is 13.2. The maximum atomic E-state index is 9.60. The fraction of sp³-hybridized carbons (Fsp3) is 0.833. The molecule has 0 amide bonds. The number of carbonyl (C=O) groups is 2. The Labute approximate surface area is 98.7 Å². The third-order valence-corrected chi connectivity index (χ3v) is 1.38. The molecule has 0 atom stereocenters. The molecule has 0 rings (SSSR count). The van der Waals surface area contributed by atoms with Crippen LogP contribution in [0.15, 0.2) is 0 Å². The van der Waals surface area contributed by atoms with E-state index in [4.69, 9.17) is 10.2 Å². The maximum Gasteiger partial charge on any atom is 0.303 e. The van der Waals surface area contributed by atoms with E-state index in [9.17, 15) is 9.59 Å². The van der Waals surface area contributed by atoms with E-state index in [1.54, 1.807) is 0 Å². The first-order chi connectivity index (χ1) is 7.60. The summed E-state index contributed by atoms with van der Waals surface area (Å²) in [4.78, 5) is 19.0. The van der Waals surface area contributed by atoms with E-state index in [0.29, 0.717) is 19.4 Å². The van der Waals surface area contributed by atoms with Gasteiger partial charge in [0.1, 0.15) is 6.29 Å². The Morgan fingerprint density at radius 1 is 1.12 bits per heavy atom. The Morgan fingerprint density at radius 2 is 1.69 bits per heavy atom. The summed E-state index contributed by atoms with van der Waals surface area (Å²) in [5.41, 5.74) is 0. The van der Waals surface area contributed by atoms with Gasteiger partial charge in [-0.05, 0) is 19.3 Å². The highest BCUT2D eigenvalue weighted by Crippen LogP contribution is 1.82. The number of unbranched alkanes of at least 4 members (excludes halogenated alkanes) is 2. The van der Waals surface area contributed by atoms with Crippen molar-refractivity contribution in [3.63, 3.8) is 0 Å². The summed E-state index contributed by atoms with van der Waals surface area (Å²) in [7, 11) is 0. The summed E-state index contributed by atoms with van der Waals surface area (Å²) in [6, 6.07) is 0. The van der Waals surface area contributed by atoms with Crippen molar-refractivity contribution in [2.24, 2.45) is 0 Å². The molecule has 0 saturated heterocycles. The number of aliphatic carboxylic acids is 1. The molecule has 0 radical (unpaired) electrons. The van der Waals surface area contributed by atoms with Crippen LogP contribution >= 0.6 is 0 Å². The van der Waals surface area contributed by atoms with E-state index in [-0.39, 0.29) is 0 Å². The SMILES string of the molecule is CCCC(=O)O.CCCC=O.CCCCO. The summed E-state index contributed by atoms with van der Waals surface area (Å²) in [5, 5.41) is 16.0. The summed E-state index contributed by atoms with van der Waals surface area (Å²) in [6.45, 7) is 6.22. The van der Waals surface area contributed by atoms with E-state index in [1.165, 1.54) is 0 Å². The highest BCUT2D eigenvalue weighted by atomic mass is 16.4. The summed E-state index contributed by atoms with van der Waals surface area (Å²) < 4.78 is 0. The monoisotopic (exact) mass is 234 g/mol. The fourth-order valence-corrected chi connectivity index (χ4v) is 0.490. The molecule has 0 heterocycles. The van der Waals surface area contributed by atoms with Crippen molar-refractivity contribution in [1.82, 2.24) is 0 Å². The molecule has 4 nitrogen and oxygen atoms in total. The van der Waals surface area contributed by atoms with Gasteiger partial charge >= 0.3 is 5.97 Å². The Bertz CT molecular complexity index is 133. The van der Waals surface area contributed by atoms with Crippen molar-refractivity contribution in [2.45, 2.75) is 59.3 Å². The third kappa shape index (κ3) is 51.5. The molecule has 16 heavy (non-hydrogen) atoms. The fourth-order valence-electron chi connectivity index (χ4n) is 0.490. The average Bonchev–Trinajstić information content (AvgIpc) is 2.21. The average molecular weight is 234 g/mol. The molecule has 0 bridgehead atoms. The van der Waals surface area contributed by atoms with Gasteiger partial charge in [-0.3, -0.25) is 4.79 Å². The van der Waals surface area contributed by atoms with Gasteiger partial charge in [-0.1, -0.05) is 27.2 Å². The van der Waals surface area contributed by atoms with Crippen molar-refractivity contribution < 1.29 is 19.8 Å². The Hall–Kier alpha value is -0.900. The van der Waals surface area contributed by atoms with Crippen LogP contribution in [0.3, 0.4) is 0 Å². The first-order valence-electron chi connectivity index (χ1n) is 5.86. The summed E-state index contributed by atoms with van der Waals surface area (Å²) in [5.74, 6) is -0.711. The Balaban J connectivity index is -0.000000160. The number of carbonyl (C=O) groups excluding carboxylic acids is 1. The number of hydrogen-bond donors (Lipinski definition) is 2. The molecule has 0 aliphatic heterocycles. The third-order valence-electron chi connectivity index (χ3n) is 1.38. The lowest BCUT2D eigenvalue weighted by Gasteiger charge is -1.79. The van der Waals surface area contributed by atoms with E-state index >= 15 is 0 Å². The smallest absolute Gasteiger partial charge is 0.303 e. The van der Waals surface area contributed by atoms with Crippen LogP contribution in [0.25, 0.3) is 0 Å². The molecule has 98 valence electrons. The standard InChI is InChI=1S/C4H8O2.C4H10O.C4H8O/c1-2-3-4(5)6;2*1-2-3-4-5/h2-3H2,1H3,(H,5,6);5H,2-4H2,1H3;4H,2-3H2,1H3. The minimum Gasteiger partial charge on any atom is -0.481 e. The molecule has 0 fully saturated rings. The Morgan fingerprint density at radius 3 is 1.69 bits per heavy atom.